The minimum atomic E-state index is -0.406. The quantitative estimate of drug-likeness (QED) is 0.720. The third-order valence-corrected chi connectivity index (χ3v) is 5.13. The lowest BCUT2D eigenvalue weighted by Gasteiger charge is -2.35. The van der Waals surface area contributed by atoms with Crippen molar-refractivity contribution in [3.8, 4) is 0 Å². The summed E-state index contributed by atoms with van der Waals surface area (Å²) in [5.41, 5.74) is 3.81. The average molecular weight is 362 g/mol. The molecule has 1 atom stereocenters. The van der Waals surface area contributed by atoms with E-state index >= 15 is 0 Å². The van der Waals surface area contributed by atoms with Gasteiger partial charge in [-0.1, -0.05) is 29.8 Å². The molecule has 3 aromatic rings. The summed E-state index contributed by atoms with van der Waals surface area (Å²) < 4.78 is 1.87. The Kier molecular flexibility index (Phi) is 4.39. The number of rotatable bonds is 3. The van der Waals surface area contributed by atoms with E-state index < -0.39 is 6.04 Å². The Hall–Kier alpha value is -3.15. The molecule has 2 heterocycles. The standard InChI is InChI=1S/C21H22N4O2/c1-15-7-9-17(10-8-15)24-12-11-23(13-20(24)26)21(27)16(2)25-14-22-18-5-3-4-6-19(18)25/h3-10,14,16H,11-13H2,1-2H3/t16-/m1/s1. The summed E-state index contributed by atoms with van der Waals surface area (Å²) >= 11 is 0. The van der Waals surface area contributed by atoms with Crippen molar-refractivity contribution in [2.24, 2.45) is 0 Å². The molecule has 0 spiro atoms. The second-order valence-corrected chi connectivity index (χ2v) is 6.96. The third-order valence-electron chi connectivity index (χ3n) is 5.13. The number of amides is 2. The lowest BCUT2D eigenvalue weighted by atomic mass is 10.1. The number of benzene rings is 2. The largest absolute Gasteiger partial charge is 0.330 e. The molecule has 6 heteroatoms. The molecule has 6 nitrogen and oxygen atoms in total. The number of carbonyl (C=O) groups excluding carboxylic acids is 2. The summed E-state index contributed by atoms with van der Waals surface area (Å²) in [6.07, 6.45) is 1.69. The van der Waals surface area contributed by atoms with Gasteiger partial charge in [0.1, 0.15) is 12.6 Å². The van der Waals surface area contributed by atoms with Crippen molar-refractivity contribution >= 4 is 28.5 Å². The fraction of sp³-hybridized carbons (Fsp3) is 0.286. The smallest absolute Gasteiger partial charge is 0.246 e. The van der Waals surface area contributed by atoms with E-state index in [1.54, 1.807) is 16.1 Å². The van der Waals surface area contributed by atoms with Gasteiger partial charge in [0.05, 0.1) is 17.4 Å². The van der Waals surface area contributed by atoms with Crippen LogP contribution in [0.2, 0.25) is 0 Å². The summed E-state index contributed by atoms with van der Waals surface area (Å²) in [4.78, 5) is 33.4. The van der Waals surface area contributed by atoms with E-state index in [0.29, 0.717) is 13.1 Å². The first-order valence-corrected chi connectivity index (χ1v) is 9.12. The van der Waals surface area contributed by atoms with Crippen LogP contribution in [0.3, 0.4) is 0 Å². The van der Waals surface area contributed by atoms with Gasteiger partial charge >= 0.3 is 0 Å². The predicted molar refractivity (Wildman–Crippen MR) is 105 cm³/mol. The maximum absolute atomic E-state index is 13.0. The number of imidazole rings is 1. The lowest BCUT2D eigenvalue weighted by molar-refractivity contribution is -0.139. The van der Waals surface area contributed by atoms with Crippen LogP contribution in [0.25, 0.3) is 11.0 Å². The molecule has 1 saturated heterocycles. The fourth-order valence-electron chi connectivity index (χ4n) is 3.53. The Labute approximate surface area is 158 Å². The number of fused-ring (bicyclic) bond motifs is 1. The van der Waals surface area contributed by atoms with Gasteiger partial charge in [0.25, 0.3) is 0 Å². The molecule has 1 aromatic heterocycles. The maximum atomic E-state index is 13.0. The van der Waals surface area contributed by atoms with Gasteiger partial charge in [0.2, 0.25) is 11.8 Å². The van der Waals surface area contributed by atoms with Gasteiger partial charge in [-0.05, 0) is 38.1 Å². The number of aromatic nitrogens is 2. The van der Waals surface area contributed by atoms with E-state index in [4.69, 9.17) is 0 Å². The first kappa shape index (κ1) is 17.3. The molecule has 0 N–H and O–H groups in total. The van der Waals surface area contributed by atoms with Crippen molar-refractivity contribution in [2.75, 3.05) is 24.5 Å². The number of anilines is 1. The second-order valence-electron chi connectivity index (χ2n) is 6.96. The molecule has 2 aromatic carbocycles. The van der Waals surface area contributed by atoms with Crippen LogP contribution in [0.4, 0.5) is 5.69 Å². The second kappa shape index (κ2) is 6.87. The Bertz CT molecular complexity index is 993. The third kappa shape index (κ3) is 3.18. The molecule has 0 aliphatic carbocycles. The molecule has 138 valence electrons. The minimum Gasteiger partial charge on any atom is -0.330 e. The van der Waals surface area contributed by atoms with Gasteiger partial charge in [0.15, 0.2) is 0 Å². The monoisotopic (exact) mass is 362 g/mol. The first-order valence-electron chi connectivity index (χ1n) is 9.12. The molecule has 0 unspecified atom stereocenters. The molecular weight excluding hydrogens is 340 g/mol. The van der Waals surface area contributed by atoms with E-state index in [9.17, 15) is 9.59 Å². The molecule has 0 bridgehead atoms. The van der Waals surface area contributed by atoms with E-state index in [2.05, 4.69) is 4.98 Å². The highest BCUT2D eigenvalue weighted by atomic mass is 16.2. The van der Waals surface area contributed by atoms with Crippen molar-refractivity contribution in [3.05, 3.63) is 60.4 Å². The number of para-hydroxylation sites is 2. The highest BCUT2D eigenvalue weighted by molar-refractivity contribution is 5.98. The summed E-state index contributed by atoms with van der Waals surface area (Å²) in [6, 6.07) is 15.2. The summed E-state index contributed by atoms with van der Waals surface area (Å²) in [6.45, 7) is 5.00. The van der Waals surface area contributed by atoms with Crippen molar-refractivity contribution in [3.63, 3.8) is 0 Å². The average Bonchev–Trinajstić information content (AvgIpc) is 3.12. The van der Waals surface area contributed by atoms with E-state index in [-0.39, 0.29) is 18.4 Å². The zero-order chi connectivity index (χ0) is 19.0. The normalized spacial score (nSPS) is 16.0. The van der Waals surface area contributed by atoms with Crippen LogP contribution in [0.15, 0.2) is 54.9 Å². The van der Waals surface area contributed by atoms with Crippen LogP contribution in [0, 0.1) is 6.92 Å². The molecule has 1 aliphatic rings. The summed E-state index contributed by atoms with van der Waals surface area (Å²) in [5, 5.41) is 0. The van der Waals surface area contributed by atoms with Gasteiger partial charge in [-0.3, -0.25) is 9.59 Å². The van der Waals surface area contributed by atoms with Crippen LogP contribution in [-0.4, -0.2) is 45.9 Å². The van der Waals surface area contributed by atoms with Gasteiger partial charge in [0, 0.05) is 18.8 Å². The summed E-state index contributed by atoms with van der Waals surface area (Å²) in [7, 11) is 0. The zero-order valence-electron chi connectivity index (χ0n) is 15.5. The number of nitrogens with zero attached hydrogens (tertiary/aromatic N) is 4. The zero-order valence-corrected chi connectivity index (χ0v) is 15.5. The molecule has 0 saturated carbocycles. The highest BCUT2D eigenvalue weighted by Crippen LogP contribution is 2.22. The van der Waals surface area contributed by atoms with Gasteiger partial charge in [-0.2, -0.15) is 0 Å². The Balaban J connectivity index is 1.49. The van der Waals surface area contributed by atoms with Gasteiger partial charge < -0.3 is 14.4 Å². The Morgan fingerprint density at radius 1 is 1.07 bits per heavy atom. The number of piperazine rings is 1. The minimum absolute atomic E-state index is 0.0545. The van der Waals surface area contributed by atoms with E-state index in [1.165, 1.54) is 0 Å². The fourth-order valence-corrected chi connectivity index (χ4v) is 3.53. The number of carbonyl (C=O) groups is 2. The van der Waals surface area contributed by atoms with Crippen LogP contribution < -0.4 is 4.90 Å². The number of hydrogen-bond donors (Lipinski definition) is 0. The van der Waals surface area contributed by atoms with Crippen molar-refractivity contribution < 1.29 is 9.59 Å². The maximum Gasteiger partial charge on any atom is 0.246 e. The topological polar surface area (TPSA) is 58.4 Å². The van der Waals surface area contributed by atoms with Crippen molar-refractivity contribution in [2.45, 2.75) is 19.9 Å². The van der Waals surface area contributed by atoms with Crippen LogP contribution in [0.1, 0.15) is 18.5 Å². The van der Waals surface area contributed by atoms with Crippen LogP contribution in [-0.2, 0) is 9.59 Å². The van der Waals surface area contributed by atoms with Crippen LogP contribution >= 0.6 is 0 Å². The number of aryl methyl sites for hydroxylation is 1. The first-order chi connectivity index (χ1) is 13.0. The van der Waals surface area contributed by atoms with E-state index in [1.807, 2.05) is 66.9 Å². The predicted octanol–water partition coefficient (Wildman–Crippen LogP) is 2.78. The molecule has 2 amide bonds. The van der Waals surface area contributed by atoms with Crippen molar-refractivity contribution in [1.29, 1.82) is 0 Å². The molecule has 0 radical (unpaired) electrons. The van der Waals surface area contributed by atoms with Crippen LogP contribution in [0.5, 0.6) is 0 Å². The molecule has 27 heavy (non-hydrogen) atoms. The molecule has 1 fully saturated rings. The summed E-state index contributed by atoms with van der Waals surface area (Å²) in [5.74, 6) is -0.115. The van der Waals surface area contributed by atoms with Gasteiger partial charge in [-0.25, -0.2) is 4.98 Å². The van der Waals surface area contributed by atoms with E-state index in [0.717, 1.165) is 22.3 Å². The SMILES string of the molecule is Cc1ccc(N2CCN(C(=O)[C@@H](C)n3cnc4ccccc43)CC2=O)cc1. The lowest BCUT2D eigenvalue weighted by Crippen LogP contribution is -2.53. The Morgan fingerprint density at radius 3 is 2.56 bits per heavy atom. The molecular formula is C21H22N4O2. The molecule has 1 aliphatic heterocycles. The van der Waals surface area contributed by atoms with Gasteiger partial charge in [-0.15, -0.1) is 0 Å². The Morgan fingerprint density at radius 2 is 1.81 bits per heavy atom. The van der Waals surface area contributed by atoms with Crippen molar-refractivity contribution in [1.82, 2.24) is 14.5 Å². The number of hydrogen-bond acceptors (Lipinski definition) is 3. The highest BCUT2D eigenvalue weighted by Gasteiger charge is 2.31. The molecule has 4 rings (SSSR count).